The fourth-order valence-corrected chi connectivity index (χ4v) is 7.21. The summed E-state index contributed by atoms with van der Waals surface area (Å²) in [4.78, 5) is 0. The molecule has 4 aliphatic carbocycles. The summed E-state index contributed by atoms with van der Waals surface area (Å²) >= 11 is 0. The quantitative estimate of drug-likeness (QED) is 0.714. The summed E-state index contributed by atoms with van der Waals surface area (Å²) in [6.07, 6.45) is 10.7. The Balaban J connectivity index is 1.62. The molecule has 2 heteroatoms. The highest BCUT2D eigenvalue weighted by Crippen LogP contribution is 2.66. The van der Waals surface area contributed by atoms with Gasteiger partial charge in [-0.05, 0) is 92.3 Å². The van der Waals surface area contributed by atoms with Gasteiger partial charge < -0.3 is 10.2 Å². The summed E-state index contributed by atoms with van der Waals surface area (Å²) in [7, 11) is 0. The Morgan fingerprint density at radius 1 is 0.762 bits per heavy atom. The van der Waals surface area contributed by atoms with Gasteiger partial charge in [0.05, 0.1) is 12.2 Å². The molecule has 8 atom stereocenters. The molecule has 0 saturated heterocycles. The molecule has 0 aromatic rings. The summed E-state index contributed by atoms with van der Waals surface area (Å²) in [5.41, 5.74) is 0.676. The SMILES string of the molecule is CC12CC[C@@H](O)C[C@@H]1CCC1C2CCC2(C)C1CC[C@@H]2O. The molecule has 4 saturated carbocycles. The van der Waals surface area contributed by atoms with Crippen LogP contribution in [0, 0.1) is 34.5 Å². The van der Waals surface area contributed by atoms with Gasteiger partial charge in [-0.1, -0.05) is 13.8 Å². The van der Waals surface area contributed by atoms with Crippen LogP contribution in [0.4, 0.5) is 0 Å². The highest BCUT2D eigenvalue weighted by atomic mass is 16.3. The fourth-order valence-electron chi connectivity index (χ4n) is 7.21. The summed E-state index contributed by atoms with van der Waals surface area (Å²) in [5.74, 6) is 3.21. The first kappa shape index (κ1) is 14.5. The maximum Gasteiger partial charge on any atom is 0.0596 e. The molecule has 21 heavy (non-hydrogen) atoms. The van der Waals surface area contributed by atoms with Crippen molar-refractivity contribution in [3.05, 3.63) is 0 Å². The van der Waals surface area contributed by atoms with Crippen LogP contribution in [0.15, 0.2) is 0 Å². The first-order chi connectivity index (χ1) is 9.95. The van der Waals surface area contributed by atoms with E-state index in [1.165, 1.54) is 38.5 Å². The monoisotopic (exact) mass is 292 g/mol. The van der Waals surface area contributed by atoms with Gasteiger partial charge in [-0.3, -0.25) is 0 Å². The van der Waals surface area contributed by atoms with E-state index in [0.29, 0.717) is 5.41 Å². The molecular weight excluding hydrogens is 260 g/mol. The van der Waals surface area contributed by atoms with Gasteiger partial charge in [0.25, 0.3) is 0 Å². The van der Waals surface area contributed by atoms with Gasteiger partial charge in [0, 0.05) is 0 Å². The lowest BCUT2D eigenvalue weighted by Crippen LogP contribution is -2.54. The highest BCUT2D eigenvalue weighted by Gasteiger charge is 2.59. The molecule has 120 valence electrons. The van der Waals surface area contributed by atoms with Crippen LogP contribution >= 0.6 is 0 Å². The van der Waals surface area contributed by atoms with Crippen molar-refractivity contribution in [1.82, 2.24) is 0 Å². The molecule has 0 aromatic heterocycles. The largest absolute Gasteiger partial charge is 0.393 e. The average Bonchev–Trinajstić information content (AvgIpc) is 2.76. The molecule has 2 nitrogen and oxygen atoms in total. The van der Waals surface area contributed by atoms with Crippen molar-refractivity contribution < 1.29 is 10.2 Å². The fraction of sp³-hybridized carbons (Fsp3) is 1.00. The molecule has 5 unspecified atom stereocenters. The second-order valence-corrected chi connectivity index (χ2v) is 9.22. The van der Waals surface area contributed by atoms with E-state index in [0.717, 1.165) is 42.9 Å². The topological polar surface area (TPSA) is 40.5 Å². The number of fused-ring (bicyclic) bond motifs is 5. The Bertz CT molecular complexity index is 422. The minimum Gasteiger partial charge on any atom is -0.393 e. The van der Waals surface area contributed by atoms with Crippen molar-refractivity contribution in [2.24, 2.45) is 34.5 Å². The minimum atomic E-state index is -0.0536. The van der Waals surface area contributed by atoms with Crippen molar-refractivity contribution in [3.63, 3.8) is 0 Å². The van der Waals surface area contributed by atoms with Crippen molar-refractivity contribution in [2.75, 3.05) is 0 Å². The smallest absolute Gasteiger partial charge is 0.0596 e. The summed E-state index contributed by atoms with van der Waals surface area (Å²) in [5, 5.41) is 20.5. The van der Waals surface area contributed by atoms with Gasteiger partial charge in [0.15, 0.2) is 0 Å². The Kier molecular flexibility index (Phi) is 3.25. The van der Waals surface area contributed by atoms with Crippen molar-refractivity contribution >= 4 is 0 Å². The van der Waals surface area contributed by atoms with E-state index in [1.807, 2.05) is 0 Å². The van der Waals surface area contributed by atoms with Gasteiger partial charge in [-0.25, -0.2) is 0 Å². The van der Waals surface area contributed by atoms with E-state index >= 15 is 0 Å². The third-order valence-corrected chi connectivity index (χ3v) is 8.59. The first-order valence-corrected chi connectivity index (χ1v) is 9.31. The van der Waals surface area contributed by atoms with E-state index in [2.05, 4.69) is 13.8 Å². The van der Waals surface area contributed by atoms with Crippen LogP contribution in [0.5, 0.6) is 0 Å². The predicted molar refractivity (Wildman–Crippen MR) is 83.7 cm³/mol. The van der Waals surface area contributed by atoms with Crippen molar-refractivity contribution in [2.45, 2.75) is 83.8 Å². The molecule has 4 aliphatic rings. The van der Waals surface area contributed by atoms with Gasteiger partial charge in [0.1, 0.15) is 0 Å². The molecule has 0 bridgehead atoms. The van der Waals surface area contributed by atoms with Crippen LogP contribution in [-0.2, 0) is 0 Å². The van der Waals surface area contributed by atoms with Crippen LogP contribution < -0.4 is 0 Å². The van der Waals surface area contributed by atoms with Crippen LogP contribution in [0.25, 0.3) is 0 Å². The number of hydrogen-bond donors (Lipinski definition) is 2. The second kappa shape index (κ2) is 4.71. The Morgan fingerprint density at radius 2 is 1.48 bits per heavy atom. The molecular formula is C19H32O2. The lowest BCUT2D eigenvalue weighted by Gasteiger charge is -2.60. The highest BCUT2D eigenvalue weighted by molar-refractivity contribution is 5.09. The minimum absolute atomic E-state index is 0.0400. The molecule has 0 spiro atoms. The third kappa shape index (κ3) is 1.91. The van der Waals surface area contributed by atoms with Gasteiger partial charge in [-0.15, -0.1) is 0 Å². The Morgan fingerprint density at radius 3 is 2.29 bits per heavy atom. The Hall–Kier alpha value is -0.0800. The molecule has 0 heterocycles. The Labute approximate surface area is 129 Å². The average molecular weight is 292 g/mol. The normalized spacial score (nSPS) is 60.0. The summed E-state index contributed by atoms with van der Waals surface area (Å²) < 4.78 is 0. The first-order valence-electron chi connectivity index (χ1n) is 9.31. The van der Waals surface area contributed by atoms with Crippen molar-refractivity contribution in [1.29, 1.82) is 0 Å². The molecule has 0 aliphatic heterocycles. The van der Waals surface area contributed by atoms with Crippen LogP contribution in [0.3, 0.4) is 0 Å². The lowest BCUT2D eigenvalue weighted by atomic mass is 9.45. The standard InChI is InChI=1S/C19H32O2/c1-18-9-7-13(20)11-12(18)3-4-14-15-5-6-17(21)19(15,2)10-8-16(14)18/h12-17,20-21H,3-11H2,1-2H3/t12-,13+,14?,15?,16?,17-,18?,19?/m0/s1. The maximum absolute atomic E-state index is 10.5. The van der Waals surface area contributed by atoms with Gasteiger partial charge in [-0.2, -0.15) is 0 Å². The van der Waals surface area contributed by atoms with E-state index in [-0.39, 0.29) is 17.6 Å². The van der Waals surface area contributed by atoms with E-state index < -0.39 is 0 Å². The molecule has 4 fully saturated rings. The van der Waals surface area contributed by atoms with Gasteiger partial charge in [0.2, 0.25) is 0 Å². The number of rotatable bonds is 0. The van der Waals surface area contributed by atoms with Crippen LogP contribution in [0.2, 0.25) is 0 Å². The molecule has 0 amide bonds. The van der Waals surface area contributed by atoms with E-state index in [4.69, 9.17) is 0 Å². The zero-order valence-corrected chi connectivity index (χ0v) is 13.7. The number of hydrogen-bond acceptors (Lipinski definition) is 2. The molecule has 0 aromatic carbocycles. The molecule has 2 N–H and O–H groups in total. The van der Waals surface area contributed by atoms with Crippen molar-refractivity contribution in [3.8, 4) is 0 Å². The summed E-state index contributed by atoms with van der Waals surface area (Å²) in [6.45, 7) is 4.90. The van der Waals surface area contributed by atoms with Gasteiger partial charge >= 0.3 is 0 Å². The predicted octanol–water partition coefficient (Wildman–Crippen LogP) is 3.75. The van der Waals surface area contributed by atoms with E-state index in [9.17, 15) is 10.2 Å². The van der Waals surface area contributed by atoms with E-state index in [1.54, 1.807) is 0 Å². The second-order valence-electron chi connectivity index (χ2n) is 9.22. The maximum atomic E-state index is 10.5. The molecule has 0 radical (unpaired) electrons. The summed E-state index contributed by atoms with van der Waals surface area (Å²) in [6, 6.07) is 0. The number of aliphatic hydroxyl groups is 2. The third-order valence-electron chi connectivity index (χ3n) is 8.59. The zero-order chi connectivity index (χ0) is 14.8. The molecule has 4 rings (SSSR count). The zero-order valence-electron chi connectivity index (χ0n) is 13.7. The van der Waals surface area contributed by atoms with Crippen LogP contribution in [-0.4, -0.2) is 22.4 Å². The van der Waals surface area contributed by atoms with Crippen LogP contribution in [0.1, 0.15) is 71.6 Å². The lowest BCUT2D eigenvalue weighted by molar-refractivity contribution is -0.133. The number of aliphatic hydroxyl groups excluding tert-OH is 2.